The highest BCUT2D eigenvalue weighted by molar-refractivity contribution is 9.10. The third-order valence-corrected chi connectivity index (χ3v) is 3.37. The number of hydrogen-bond acceptors (Lipinski definition) is 1. The van der Waals surface area contributed by atoms with Crippen LogP contribution in [0.3, 0.4) is 0 Å². The zero-order chi connectivity index (χ0) is 13.0. The maximum atomic E-state index is 11.6. The van der Waals surface area contributed by atoms with Crippen LogP contribution in [0.25, 0.3) is 0 Å². The van der Waals surface area contributed by atoms with Crippen LogP contribution in [0.1, 0.15) is 17.0 Å². The van der Waals surface area contributed by atoms with E-state index in [0.717, 1.165) is 15.6 Å². The number of nitrogens with two attached hydrogens (primary N) is 1. The molecule has 0 radical (unpaired) electrons. The number of benzene rings is 2. The molecule has 18 heavy (non-hydrogen) atoms. The molecule has 0 spiro atoms. The molecule has 0 aliphatic carbocycles. The molecule has 0 fully saturated rings. The molecule has 1 unspecified atom stereocenters. The Balaban J connectivity index is 2.25. The van der Waals surface area contributed by atoms with Crippen molar-refractivity contribution < 1.29 is 4.79 Å². The summed E-state index contributed by atoms with van der Waals surface area (Å²) in [6.07, 6.45) is 0.624. The van der Waals surface area contributed by atoms with Gasteiger partial charge in [-0.05, 0) is 29.7 Å². The Morgan fingerprint density at radius 2 is 1.83 bits per heavy atom. The van der Waals surface area contributed by atoms with Crippen LogP contribution >= 0.6 is 15.9 Å². The van der Waals surface area contributed by atoms with Crippen molar-refractivity contribution in [3.63, 3.8) is 0 Å². The molecule has 0 heterocycles. The second-order valence-corrected chi connectivity index (χ2v) is 5.12. The highest BCUT2D eigenvalue weighted by Crippen LogP contribution is 2.22. The van der Waals surface area contributed by atoms with E-state index in [9.17, 15) is 4.79 Å². The molecular weight excluding hydrogens is 290 g/mol. The molecule has 2 N–H and O–H groups in total. The lowest BCUT2D eigenvalue weighted by Gasteiger charge is -2.14. The molecule has 0 saturated carbocycles. The van der Waals surface area contributed by atoms with Crippen LogP contribution in [0.15, 0.2) is 59.1 Å². The number of rotatable bonds is 4. The predicted molar refractivity (Wildman–Crippen MR) is 76.2 cm³/mol. The smallest absolute Gasteiger partial charge is 0.225 e. The topological polar surface area (TPSA) is 43.1 Å². The van der Waals surface area contributed by atoms with Crippen molar-refractivity contribution in [2.75, 3.05) is 0 Å². The fraction of sp³-hybridized carbons (Fsp3) is 0.133. The van der Waals surface area contributed by atoms with Gasteiger partial charge < -0.3 is 5.73 Å². The summed E-state index contributed by atoms with van der Waals surface area (Å²) in [5.41, 5.74) is 7.56. The fourth-order valence-corrected chi connectivity index (χ4v) is 2.41. The summed E-state index contributed by atoms with van der Waals surface area (Å²) in [4.78, 5) is 11.6. The van der Waals surface area contributed by atoms with Gasteiger partial charge in [-0.15, -0.1) is 0 Å². The van der Waals surface area contributed by atoms with Gasteiger partial charge in [0.1, 0.15) is 0 Å². The second kappa shape index (κ2) is 5.83. The van der Waals surface area contributed by atoms with E-state index >= 15 is 0 Å². The second-order valence-electron chi connectivity index (χ2n) is 4.20. The number of amides is 1. The first-order valence-corrected chi connectivity index (χ1v) is 6.55. The highest BCUT2D eigenvalue weighted by Gasteiger charge is 2.18. The quantitative estimate of drug-likeness (QED) is 0.925. The van der Waals surface area contributed by atoms with Gasteiger partial charge in [-0.3, -0.25) is 4.79 Å². The Hall–Kier alpha value is -1.61. The Morgan fingerprint density at radius 1 is 1.11 bits per heavy atom. The molecule has 92 valence electrons. The maximum Gasteiger partial charge on any atom is 0.225 e. The summed E-state index contributed by atoms with van der Waals surface area (Å²) >= 11 is 3.43. The maximum absolute atomic E-state index is 11.6. The first-order chi connectivity index (χ1) is 8.66. The molecule has 1 amide bonds. The molecule has 0 bridgehead atoms. The van der Waals surface area contributed by atoms with Crippen molar-refractivity contribution in [3.8, 4) is 0 Å². The number of hydrogen-bond donors (Lipinski definition) is 1. The summed E-state index contributed by atoms with van der Waals surface area (Å²) in [7, 11) is 0. The van der Waals surface area contributed by atoms with Crippen molar-refractivity contribution in [3.05, 3.63) is 70.2 Å². The van der Waals surface area contributed by atoms with E-state index in [0.29, 0.717) is 6.42 Å². The summed E-state index contributed by atoms with van der Waals surface area (Å²) in [5.74, 6) is -0.568. The van der Waals surface area contributed by atoms with E-state index in [1.54, 1.807) is 0 Å². The van der Waals surface area contributed by atoms with E-state index in [4.69, 9.17) is 5.73 Å². The molecule has 0 saturated heterocycles. The van der Waals surface area contributed by atoms with Gasteiger partial charge in [-0.1, -0.05) is 58.4 Å². The molecule has 2 aromatic carbocycles. The van der Waals surface area contributed by atoms with Crippen LogP contribution in [0.2, 0.25) is 0 Å². The van der Waals surface area contributed by atoms with Gasteiger partial charge in [0.05, 0.1) is 5.92 Å². The number of carbonyl (C=O) groups is 1. The molecular formula is C15H14BrNO. The Bertz CT molecular complexity index is 539. The molecule has 2 aromatic rings. The Labute approximate surface area is 115 Å². The SMILES string of the molecule is NC(=O)C(Cc1cccc(Br)c1)c1ccccc1. The highest BCUT2D eigenvalue weighted by atomic mass is 79.9. The predicted octanol–water partition coefficient (Wildman–Crippen LogP) is 3.26. The molecule has 1 atom stereocenters. The number of carbonyl (C=O) groups excluding carboxylic acids is 1. The molecule has 0 aliphatic rings. The lowest BCUT2D eigenvalue weighted by molar-refractivity contribution is -0.119. The van der Waals surface area contributed by atoms with Gasteiger partial charge in [-0.2, -0.15) is 0 Å². The summed E-state index contributed by atoms with van der Waals surface area (Å²) in [5, 5.41) is 0. The van der Waals surface area contributed by atoms with E-state index in [1.807, 2.05) is 54.6 Å². The van der Waals surface area contributed by atoms with E-state index in [-0.39, 0.29) is 11.8 Å². The van der Waals surface area contributed by atoms with Gasteiger partial charge in [0.25, 0.3) is 0 Å². The molecule has 0 aromatic heterocycles. The third-order valence-electron chi connectivity index (χ3n) is 2.87. The largest absolute Gasteiger partial charge is 0.369 e. The average Bonchev–Trinajstić information content (AvgIpc) is 2.37. The number of primary amides is 1. The van der Waals surface area contributed by atoms with Crippen molar-refractivity contribution in [2.24, 2.45) is 5.73 Å². The van der Waals surface area contributed by atoms with Crippen LogP contribution in [-0.4, -0.2) is 5.91 Å². The number of halogens is 1. The van der Waals surface area contributed by atoms with E-state index in [1.165, 1.54) is 0 Å². The summed E-state index contributed by atoms with van der Waals surface area (Å²) in [6.45, 7) is 0. The molecule has 2 nitrogen and oxygen atoms in total. The minimum Gasteiger partial charge on any atom is -0.369 e. The van der Waals surface area contributed by atoms with Gasteiger partial charge in [0, 0.05) is 4.47 Å². The third kappa shape index (κ3) is 3.20. The zero-order valence-electron chi connectivity index (χ0n) is 9.84. The summed E-state index contributed by atoms with van der Waals surface area (Å²) < 4.78 is 1.01. The minimum atomic E-state index is -0.291. The van der Waals surface area contributed by atoms with Crippen LogP contribution in [0.4, 0.5) is 0 Å². The van der Waals surface area contributed by atoms with E-state index in [2.05, 4.69) is 15.9 Å². The lowest BCUT2D eigenvalue weighted by atomic mass is 9.91. The van der Waals surface area contributed by atoms with E-state index < -0.39 is 0 Å². The Kier molecular flexibility index (Phi) is 4.15. The van der Waals surface area contributed by atoms with Crippen LogP contribution in [0.5, 0.6) is 0 Å². The average molecular weight is 304 g/mol. The Morgan fingerprint density at radius 3 is 2.44 bits per heavy atom. The molecule has 3 heteroatoms. The molecule has 0 aliphatic heterocycles. The zero-order valence-corrected chi connectivity index (χ0v) is 11.4. The summed E-state index contributed by atoms with van der Waals surface area (Å²) in [6, 6.07) is 17.6. The minimum absolute atomic E-state index is 0.277. The standard InChI is InChI=1S/C15H14BrNO/c16-13-8-4-5-11(9-13)10-14(15(17)18)12-6-2-1-3-7-12/h1-9,14H,10H2,(H2,17,18). The van der Waals surface area contributed by atoms with Gasteiger partial charge in [-0.25, -0.2) is 0 Å². The fourth-order valence-electron chi connectivity index (χ4n) is 1.97. The normalized spacial score (nSPS) is 12.1. The van der Waals surface area contributed by atoms with Gasteiger partial charge in [0.15, 0.2) is 0 Å². The van der Waals surface area contributed by atoms with Crippen LogP contribution in [-0.2, 0) is 11.2 Å². The van der Waals surface area contributed by atoms with Crippen molar-refractivity contribution in [2.45, 2.75) is 12.3 Å². The van der Waals surface area contributed by atoms with Crippen LogP contribution in [0, 0.1) is 0 Å². The van der Waals surface area contributed by atoms with Gasteiger partial charge >= 0.3 is 0 Å². The van der Waals surface area contributed by atoms with Crippen molar-refractivity contribution in [1.82, 2.24) is 0 Å². The monoisotopic (exact) mass is 303 g/mol. The first kappa shape index (κ1) is 12.8. The van der Waals surface area contributed by atoms with Gasteiger partial charge in [0.2, 0.25) is 5.91 Å². The molecule has 2 rings (SSSR count). The van der Waals surface area contributed by atoms with Crippen LogP contribution < -0.4 is 5.73 Å². The first-order valence-electron chi connectivity index (χ1n) is 5.75. The van der Waals surface area contributed by atoms with Crippen molar-refractivity contribution >= 4 is 21.8 Å². The van der Waals surface area contributed by atoms with Crippen molar-refractivity contribution in [1.29, 1.82) is 0 Å². The lowest BCUT2D eigenvalue weighted by Crippen LogP contribution is -2.23.